The minimum atomic E-state index is 0. The molecule has 2 rings (SSSR count). The third-order valence-corrected chi connectivity index (χ3v) is 4.77. The number of halogens is 2. The average Bonchev–Trinajstić information content (AvgIpc) is 2.61. The normalized spacial score (nSPS) is 15.2. The monoisotopic (exact) mass is 404 g/mol. The fourth-order valence-corrected chi connectivity index (χ4v) is 3.25. The molecule has 0 radical (unpaired) electrons. The van der Waals surface area contributed by atoms with Crippen LogP contribution in [-0.2, 0) is 11.2 Å². The maximum atomic E-state index is 12.4. The number of piperidine rings is 1. The Morgan fingerprint density at radius 3 is 2.42 bits per heavy atom. The molecule has 5 nitrogen and oxygen atoms in total. The second kappa shape index (κ2) is 14.2. The van der Waals surface area contributed by atoms with E-state index in [-0.39, 0.29) is 30.7 Å². The van der Waals surface area contributed by atoms with Gasteiger partial charge in [-0.15, -0.1) is 24.8 Å². The summed E-state index contributed by atoms with van der Waals surface area (Å²) in [5.41, 5.74) is 7.01. The molecule has 26 heavy (non-hydrogen) atoms. The Morgan fingerprint density at radius 2 is 1.85 bits per heavy atom. The number of carbonyl (C=O) groups excluding carboxylic acids is 1. The summed E-state index contributed by atoms with van der Waals surface area (Å²) in [4.78, 5) is 16.9. The van der Waals surface area contributed by atoms with Gasteiger partial charge in [0.25, 0.3) is 0 Å². The van der Waals surface area contributed by atoms with Crippen LogP contribution in [-0.4, -0.2) is 67.6 Å². The van der Waals surface area contributed by atoms with Crippen molar-refractivity contribution in [1.82, 2.24) is 15.1 Å². The highest BCUT2D eigenvalue weighted by molar-refractivity contribution is 5.85. The molecule has 1 amide bonds. The standard InChI is InChI=1S/C19H32N4O.2ClH/c1-2-22-13-9-18(10-14-22)21-19(24)16-23(15-11-20)12-8-17-6-4-3-5-7-17;;/h3-7,18H,2,8-16,20H2,1H3,(H,21,24);2*1H. The second-order valence-corrected chi connectivity index (χ2v) is 6.58. The Balaban J connectivity index is 0.00000312. The lowest BCUT2D eigenvalue weighted by Gasteiger charge is -2.32. The van der Waals surface area contributed by atoms with Crippen LogP contribution in [0.5, 0.6) is 0 Å². The maximum Gasteiger partial charge on any atom is 0.234 e. The molecule has 0 saturated carbocycles. The predicted molar refractivity (Wildman–Crippen MR) is 113 cm³/mol. The lowest BCUT2D eigenvalue weighted by molar-refractivity contribution is -0.123. The van der Waals surface area contributed by atoms with E-state index in [0.717, 1.165) is 52.0 Å². The van der Waals surface area contributed by atoms with Crippen molar-refractivity contribution in [2.75, 3.05) is 45.8 Å². The zero-order valence-electron chi connectivity index (χ0n) is 15.7. The topological polar surface area (TPSA) is 61.6 Å². The van der Waals surface area contributed by atoms with Gasteiger partial charge in [-0.1, -0.05) is 37.3 Å². The molecule has 1 aliphatic heterocycles. The predicted octanol–water partition coefficient (Wildman–Crippen LogP) is 1.93. The Bertz CT molecular complexity index is 482. The molecule has 1 fully saturated rings. The highest BCUT2D eigenvalue weighted by Gasteiger charge is 2.20. The molecule has 1 aliphatic rings. The van der Waals surface area contributed by atoms with E-state index in [2.05, 4.69) is 46.3 Å². The Labute approximate surface area is 170 Å². The average molecular weight is 405 g/mol. The molecule has 3 N–H and O–H groups in total. The lowest BCUT2D eigenvalue weighted by atomic mass is 10.1. The van der Waals surface area contributed by atoms with Crippen LogP contribution in [0.3, 0.4) is 0 Å². The Kier molecular flexibility index (Phi) is 13.8. The van der Waals surface area contributed by atoms with Crippen LogP contribution in [0.2, 0.25) is 0 Å². The molecule has 0 spiro atoms. The molecule has 0 unspecified atom stereocenters. The van der Waals surface area contributed by atoms with Crippen molar-refractivity contribution >= 4 is 30.7 Å². The third-order valence-electron chi connectivity index (χ3n) is 4.77. The van der Waals surface area contributed by atoms with E-state index in [0.29, 0.717) is 19.1 Å². The SMILES string of the molecule is CCN1CCC(NC(=O)CN(CCN)CCc2ccccc2)CC1.Cl.Cl. The van der Waals surface area contributed by atoms with E-state index in [1.165, 1.54) is 5.56 Å². The van der Waals surface area contributed by atoms with Crippen LogP contribution in [0.25, 0.3) is 0 Å². The minimum absolute atomic E-state index is 0. The van der Waals surface area contributed by atoms with Crippen LogP contribution in [0.4, 0.5) is 0 Å². The summed E-state index contributed by atoms with van der Waals surface area (Å²) in [6, 6.07) is 10.7. The van der Waals surface area contributed by atoms with Crippen molar-refractivity contribution in [3.05, 3.63) is 35.9 Å². The highest BCUT2D eigenvalue weighted by atomic mass is 35.5. The summed E-state index contributed by atoms with van der Waals surface area (Å²) in [5, 5.41) is 3.20. The van der Waals surface area contributed by atoms with Crippen molar-refractivity contribution in [1.29, 1.82) is 0 Å². The molecule has 1 aromatic carbocycles. The van der Waals surface area contributed by atoms with E-state index in [1.807, 2.05) is 6.07 Å². The third kappa shape index (κ3) is 9.19. The number of benzene rings is 1. The number of nitrogens with one attached hydrogen (secondary N) is 1. The number of hydrogen-bond acceptors (Lipinski definition) is 4. The summed E-state index contributed by atoms with van der Waals surface area (Å²) >= 11 is 0. The van der Waals surface area contributed by atoms with Crippen molar-refractivity contribution < 1.29 is 4.79 Å². The van der Waals surface area contributed by atoms with Crippen molar-refractivity contribution in [2.45, 2.75) is 32.2 Å². The molecular weight excluding hydrogens is 371 g/mol. The lowest BCUT2D eigenvalue weighted by Crippen LogP contribution is -2.48. The summed E-state index contributed by atoms with van der Waals surface area (Å²) in [6.07, 6.45) is 3.06. The number of nitrogens with zero attached hydrogens (tertiary/aromatic N) is 2. The highest BCUT2D eigenvalue weighted by Crippen LogP contribution is 2.09. The number of nitrogens with two attached hydrogens (primary N) is 1. The van der Waals surface area contributed by atoms with E-state index in [1.54, 1.807) is 0 Å². The molecule has 1 saturated heterocycles. The van der Waals surface area contributed by atoms with Crippen molar-refractivity contribution in [2.24, 2.45) is 5.73 Å². The molecular formula is C19H34Cl2N4O. The van der Waals surface area contributed by atoms with Gasteiger partial charge in [-0.05, 0) is 31.4 Å². The maximum absolute atomic E-state index is 12.4. The second-order valence-electron chi connectivity index (χ2n) is 6.58. The largest absolute Gasteiger partial charge is 0.352 e. The van der Waals surface area contributed by atoms with Crippen LogP contribution < -0.4 is 11.1 Å². The van der Waals surface area contributed by atoms with E-state index in [9.17, 15) is 4.79 Å². The van der Waals surface area contributed by atoms with Crippen LogP contribution in [0.1, 0.15) is 25.3 Å². The van der Waals surface area contributed by atoms with Crippen molar-refractivity contribution in [3.63, 3.8) is 0 Å². The smallest absolute Gasteiger partial charge is 0.234 e. The first kappa shape index (κ1) is 25.1. The fraction of sp³-hybridized carbons (Fsp3) is 0.632. The van der Waals surface area contributed by atoms with Crippen LogP contribution in [0, 0.1) is 0 Å². The van der Waals surface area contributed by atoms with Crippen molar-refractivity contribution in [3.8, 4) is 0 Å². The molecule has 7 heteroatoms. The number of hydrogen-bond donors (Lipinski definition) is 2. The Morgan fingerprint density at radius 1 is 1.19 bits per heavy atom. The van der Waals surface area contributed by atoms with Crippen LogP contribution >= 0.6 is 24.8 Å². The van der Waals surface area contributed by atoms with Gasteiger partial charge in [0.15, 0.2) is 0 Å². The van der Waals surface area contributed by atoms with E-state index >= 15 is 0 Å². The Hall–Kier alpha value is -0.850. The summed E-state index contributed by atoms with van der Waals surface area (Å²) in [6.45, 7) is 8.11. The van der Waals surface area contributed by atoms with Gasteiger partial charge in [-0.3, -0.25) is 9.69 Å². The summed E-state index contributed by atoms with van der Waals surface area (Å²) in [7, 11) is 0. The molecule has 1 aromatic rings. The molecule has 0 bridgehead atoms. The zero-order chi connectivity index (χ0) is 17.2. The van der Waals surface area contributed by atoms with Gasteiger partial charge in [0.05, 0.1) is 6.54 Å². The van der Waals surface area contributed by atoms with Crippen LogP contribution in [0.15, 0.2) is 30.3 Å². The summed E-state index contributed by atoms with van der Waals surface area (Å²) in [5.74, 6) is 0.131. The van der Waals surface area contributed by atoms with E-state index in [4.69, 9.17) is 5.73 Å². The molecule has 1 heterocycles. The quantitative estimate of drug-likeness (QED) is 0.659. The van der Waals surface area contributed by atoms with E-state index < -0.39 is 0 Å². The van der Waals surface area contributed by atoms with Gasteiger partial charge in [-0.2, -0.15) is 0 Å². The molecule has 0 aromatic heterocycles. The zero-order valence-corrected chi connectivity index (χ0v) is 17.4. The number of rotatable bonds is 9. The van der Waals surface area contributed by atoms with Gasteiger partial charge in [-0.25, -0.2) is 0 Å². The van der Waals surface area contributed by atoms with Gasteiger partial charge in [0.1, 0.15) is 0 Å². The fourth-order valence-electron chi connectivity index (χ4n) is 3.25. The van der Waals surface area contributed by atoms with Gasteiger partial charge >= 0.3 is 0 Å². The number of carbonyl (C=O) groups is 1. The number of amides is 1. The first-order chi connectivity index (χ1) is 11.7. The van der Waals surface area contributed by atoms with Gasteiger partial charge in [0.2, 0.25) is 5.91 Å². The molecule has 0 aliphatic carbocycles. The first-order valence-electron chi connectivity index (χ1n) is 9.19. The minimum Gasteiger partial charge on any atom is -0.352 e. The van der Waals surface area contributed by atoms with Gasteiger partial charge < -0.3 is 16.0 Å². The number of likely N-dealkylation sites (tertiary alicyclic amines) is 1. The first-order valence-corrected chi connectivity index (χ1v) is 9.19. The summed E-state index contributed by atoms with van der Waals surface area (Å²) < 4.78 is 0. The van der Waals surface area contributed by atoms with Gasteiger partial charge in [0, 0.05) is 38.8 Å². The molecule has 150 valence electrons. The molecule has 0 atom stereocenters.